The molecule has 0 aliphatic carbocycles. The van der Waals surface area contributed by atoms with Crippen LogP contribution in [0.4, 0.5) is 4.39 Å². The molecule has 19 heavy (non-hydrogen) atoms. The summed E-state index contributed by atoms with van der Waals surface area (Å²) in [5, 5.41) is 4.44. The van der Waals surface area contributed by atoms with E-state index in [9.17, 15) is 4.39 Å². The molecule has 0 aliphatic heterocycles. The van der Waals surface area contributed by atoms with Crippen molar-refractivity contribution in [2.75, 3.05) is 0 Å². The topological polar surface area (TPSA) is 43.8 Å². The van der Waals surface area contributed by atoms with Gasteiger partial charge in [-0.05, 0) is 38.5 Å². The largest absolute Gasteiger partial charge is 0.324 e. The van der Waals surface area contributed by atoms with E-state index in [4.69, 9.17) is 5.73 Å². The molecule has 0 amide bonds. The van der Waals surface area contributed by atoms with Crippen LogP contribution < -0.4 is 5.73 Å². The van der Waals surface area contributed by atoms with Crippen LogP contribution in [0.25, 0.3) is 0 Å². The summed E-state index contributed by atoms with van der Waals surface area (Å²) in [6, 6.07) is 7.05. The summed E-state index contributed by atoms with van der Waals surface area (Å²) in [7, 11) is 0. The summed E-state index contributed by atoms with van der Waals surface area (Å²) in [4.78, 5) is 0. The van der Waals surface area contributed by atoms with E-state index >= 15 is 0 Å². The molecule has 0 fully saturated rings. The van der Waals surface area contributed by atoms with E-state index in [-0.39, 0.29) is 11.9 Å². The lowest BCUT2D eigenvalue weighted by molar-refractivity contribution is 0.520. The fourth-order valence-electron chi connectivity index (χ4n) is 2.04. The zero-order chi connectivity index (χ0) is 14.0. The third-order valence-electron chi connectivity index (χ3n) is 3.18. The highest BCUT2D eigenvalue weighted by atomic mass is 19.1. The molecule has 4 heteroatoms. The average Bonchev–Trinajstić information content (AvgIpc) is 2.77. The SMILES string of the molecule is Cc1ccc(C(N)Cc2ccn(C(C)C)n2)c(F)c1. The second-order valence-electron chi connectivity index (χ2n) is 5.22. The second-order valence-corrected chi connectivity index (χ2v) is 5.22. The van der Waals surface area contributed by atoms with Crippen LogP contribution in [0.3, 0.4) is 0 Å². The van der Waals surface area contributed by atoms with Crippen LogP contribution in [-0.4, -0.2) is 9.78 Å². The number of halogens is 1. The molecule has 3 nitrogen and oxygen atoms in total. The Hall–Kier alpha value is -1.68. The Morgan fingerprint density at radius 3 is 2.63 bits per heavy atom. The van der Waals surface area contributed by atoms with Gasteiger partial charge >= 0.3 is 0 Å². The highest BCUT2D eigenvalue weighted by Gasteiger charge is 2.14. The molecular formula is C15H20FN3. The lowest BCUT2D eigenvalue weighted by atomic mass is 10.0. The molecular weight excluding hydrogens is 241 g/mol. The minimum absolute atomic E-state index is 0.240. The lowest BCUT2D eigenvalue weighted by Gasteiger charge is -2.12. The summed E-state index contributed by atoms with van der Waals surface area (Å²) in [5.41, 5.74) is 8.41. The first-order chi connectivity index (χ1) is 8.97. The van der Waals surface area contributed by atoms with Crippen molar-refractivity contribution in [3.05, 3.63) is 53.1 Å². The van der Waals surface area contributed by atoms with Crippen molar-refractivity contribution in [3.63, 3.8) is 0 Å². The summed E-state index contributed by atoms with van der Waals surface area (Å²) in [6.07, 6.45) is 2.47. The van der Waals surface area contributed by atoms with E-state index in [1.54, 1.807) is 6.07 Å². The molecule has 1 aromatic carbocycles. The zero-order valence-electron chi connectivity index (χ0n) is 11.6. The number of nitrogens with zero attached hydrogens (tertiary/aromatic N) is 2. The molecule has 2 aromatic rings. The highest BCUT2D eigenvalue weighted by Crippen LogP contribution is 2.20. The standard InChI is InChI=1S/C15H20FN3/c1-10(2)19-7-6-12(18-19)9-15(17)13-5-4-11(3)8-14(13)16/h4-8,10,15H,9,17H2,1-3H3. The molecule has 0 saturated carbocycles. The smallest absolute Gasteiger partial charge is 0.128 e. The van der Waals surface area contributed by atoms with Gasteiger partial charge in [0, 0.05) is 30.3 Å². The van der Waals surface area contributed by atoms with E-state index in [1.807, 2.05) is 29.9 Å². The number of nitrogens with two attached hydrogens (primary N) is 1. The van der Waals surface area contributed by atoms with Gasteiger partial charge in [0.05, 0.1) is 5.69 Å². The molecule has 2 rings (SSSR count). The Kier molecular flexibility index (Phi) is 4.00. The van der Waals surface area contributed by atoms with Crippen LogP contribution in [0.2, 0.25) is 0 Å². The average molecular weight is 261 g/mol. The predicted molar refractivity (Wildman–Crippen MR) is 74.4 cm³/mol. The second kappa shape index (κ2) is 5.53. The van der Waals surface area contributed by atoms with Gasteiger partial charge in [0.2, 0.25) is 0 Å². The van der Waals surface area contributed by atoms with E-state index < -0.39 is 0 Å². The monoisotopic (exact) mass is 261 g/mol. The third-order valence-corrected chi connectivity index (χ3v) is 3.18. The van der Waals surface area contributed by atoms with E-state index in [0.29, 0.717) is 18.0 Å². The van der Waals surface area contributed by atoms with Gasteiger partial charge in [0.15, 0.2) is 0 Å². The van der Waals surface area contributed by atoms with Crippen molar-refractivity contribution < 1.29 is 4.39 Å². The molecule has 1 atom stereocenters. The first-order valence-corrected chi connectivity index (χ1v) is 6.53. The third kappa shape index (κ3) is 3.20. The molecule has 1 heterocycles. The molecule has 1 aromatic heterocycles. The fraction of sp³-hybridized carbons (Fsp3) is 0.400. The number of hydrogen-bond donors (Lipinski definition) is 1. The van der Waals surface area contributed by atoms with Gasteiger partial charge in [-0.15, -0.1) is 0 Å². The molecule has 2 N–H and O–H groups in total. The quantitative estimate of drug-likeness (QED) is 0.918. The molecule has 0 radical (unpaired) electrons. The Morgan fingerprint density at radius 2 is 2.05 bits per heavy atom. The van der Waals surface area contributed by atoms with Crippen molar-refractivity contribution in [1.29, 1.82) is 0 Å². The minimum atomic E-state index is -0.365. The van der Waals surface area contributed by atoms with Gasteiger partial charge in [0.1, 0.15) is 5.82 Å². The first kappa shape index (κ1) is 13.7. The van der Waals surface area contributed by atoms with Gasteiger partial charge in [-0.25, -0.2) is 4.39 Å². The van der Waals surface area contributed by atoms with Gasteiger partial charge in [-0.2, -0.15) is 5.10 Å². The molecule has 0 bridgehead atoms. The van der Waals surface area contributed by atoms with Crippen LogP contribution in [0.15, 0.2) is 30.5 Å². The molecule has 102 valence electrons. The van der Waals surface area contributed by atoms with Crippen molar-refractivity contribution >= 4 is 0 Å². The Labute approximate surface area is 113 Å². The predicted octanol–water partition coefficient (Wildman–Crippen LogP) is 3.15. The number of rotatable bonds is 4. The Balaban J connectivity index is 2.13. The Bertz CT molecular complexity index is 560. The van der Waals surface area contributed by atoms with Crippen LogP contribution in [0.1, 0.15) is 42.8 Å². The van der Waals surface area contributed by atoms with Gasteiger partial charge in [-0.1, -0.05) is 12.1 Å². The molecule has 1 unspecified atom stereocenters. The van der Waals surface area contributed by atoms with Crippen molar-refractivity contribution in [1.82, 2.24) is 9.78 Å². The first-order valence-electron chi connectivity index (χ1n) is 6.53. The van der Waals surface area contributed by atoms with Gasteiger partial charge in [0.25, 0.3) is 0 Å². The Morgan fingerprint density at radius 1 is 1.32 bits per heavy atom. The number of benzene rings is 1. The summed E-state index contributed by atoms with van der Waals surface area (Å²) in [5.74, 6) is -0.240. The maximum Gasteiger partial charge on any atom is 0.128 e. The molecule has 0 saturated heterocycles. The maximum absolute atomic E-state index is 13.8. The van der Waals surface area contributed by atoms with Crippen molar-refractivity contribution in [2.24, 2.45) is 5.73 Å². The number of aromatic nitrogens is 2. The van der Waals surface area contributed by atoms with Crippen LogP contribution in [0.5, 0.6) is 0 Å². The summed E-state index contributed by atoms with van der Waals surface area (Å²) in [6.45, 7) is 6.00. The van der Waals surface area contributed by atoms with Crippen LogP contribution in [-0.2, 0) is 6.42 Å². The summed E-state index contributed by atoms with van der Waals surface area (Å²) >= 11 is 0. The number of hydrogen-bond acceptors (Lipinski definition) is 2. The van der Waals surface area contributed by atoms with Crippen LogP contribution in [0, 0.1) is 12.7 Å². The normalized spacial score (nSPS) is 12.9. The summed E-state index contributed by atoms with van der Waals surface area (Å²) < 4.78 is 15.7. The fourth-order valence-corrected chi connectivity index (χ4v) is 2.04. The zero-order valence-corrected chi connectivity index (χ0v) is 11.6. The molecule has 0 aliphatic rings. The van der Waals surface area contributed by atoms with E-state index in [1.165, 1.54) is 6.07 Å². The van der Waals surface area contributed by atoms with Crippen molar-refractivity contribution in [2.45, 2.75) is 39.3 Å². The lowest BCUT2D eigenvalue weighted by Crippen LogP contribution is -2.15. The van der Waals surface area contributed by atoms with Crippen LogP contribution >= 0.6 is 0 Å². The minimum Gasteiger partial charge on any atom is -0.324 e. The van der Waals surface area contributed by atoms with E-state index in [0.717, 1.165) is 11.3 Å². The highest BCUT2D eigenvalue weighted by molar-refractivity contribution is 5.26. The van der Waals surface area contributed by atoms with Gasteiger partial charge in [-0.3, -0.25) is 4.68 Å². The van der Waals surface area contributed by atoms with Crippen molar-refractivity contribution in [3.8, 4) is 0 Å². The number of aryl methyl sites for hydroxylation is 1. The molecule has 0 spiro atoms. The van der Waals surface area contributed by atoms with E-state index in [2.05, 4.69) is 18.9 Å². The van der Waals surface area contributed by atoms with Gasteiger partial charge < -0.3 is 5.73 Å². The maximum atomic E-state index is 13.8.